The molecule has 1 saturated heterocycles. The summed E-state index contributed by atoms with van der Waals surface area (Å²) in [5, 5.41) is 3.34. The van der Waals surface area contributed by atoms with Crippen molar-refractivity contribution in [3.63, 3.8) is 0 Å². The Hall–Kier alpha value is -4.35. The van der Waals surface area contributed by atoms with Gasteiger partial charge < -0.3 is 20.5 Å². The van der Waals surface area contributed by atoms with Crippen LogP contribution in [0.5, 0.6) is 0 Å². The van der Waals surface area contributed by atoms with Crippen LogP contribution in [0.15, 0.2) is 54.9 Å². The van der Waals surface area contributed by atoms with Crippen LogP contribution in [0.2, 0.25) is 0 Å². The van der Waals surface area contributed by atoms with Crippen LogP contribution >= 0.6 is 0 Å². The molecule has 5 heterocycles. The van der Waals surface area contributed by atoms with Crippen LogP contribution in [-0.4, -0.2) is 50.1 Å². The summed E-state index contributed by atoms with van der Waals surface area (Å²) in [6.45, 7) is 9.00. The number of anilines is 1. The molecule has 2 aliphatic heterocycles. The predicted molar refractivity (Wildman–Crippen MR) is 159 cm³/mol. The number of hydrogen-bond donors (Lipinski definition) is 2. The van der Waals surface area contributed by atoms with E-state index < -0.39 is 29.6 Å². The lowest BCUT2D eigenvalue weighted by Crippen LogP contribution is -2.41. The Balaban J connectivity index is 1.46. The van der Waals surface area contributed by atoms with Crippen LogP contribution in [-0.2, 0) is 21.4 Å². The van der Waals surface area contributed by atoms with Gasteiger partial charge >= 0.3 is 6.09 Å². The van der Waals surface area contributed by atoms with E-state index in [1.54, 1.807) is 49.7 Å². The molecule has 0 aliphatic carbocycles. The zero-order chi connectivity index (χ0) is 30.5. The average molecular weight is 587 g/mol. The van der Waals surface area contributed by atoms with Crippen molar-refractivity contribution in [3.05, 3.63) is 83.1 Å². The molecule has 10 nitrogen and oxygen atoms in total. The summed E-state index contributed by atoms with van der Waals surface area (Å²) in [7, 11) is 0. The molecule has 224 valence electrons. The van der Waals surface area contributed by atoms with E-state index in [0.717, 1.165) is 29.0 Å². The number of carbonyl (C=O) groups excluding carboxylic acids is 2. The summed E-state index contributed by atoms with van der Waals surface area (Å²) in [5.74, 6) is -0.462. The van der Waals surface area contributed by atoms with E-state index in [1.165, 1.54) is 12.1 Å². The Morgan fingerprint density at radius 2 is 1.93 bits per heavy atom. The zero-order valence-corrected chi connectivity index (χ0v) is 24.7. The number of hydrogen-bond acceptors (Lipinski definition) is 8. The minimum atomic E-state index is -0.956. The number of fused-ring (bicyclic) bond motifs is 2. The van der Waals surface area contributed by atoms with Gasteiger partial charge in [-0.15, -0.1) is 0 Å². The average Bonchev–Trinajstić information content (AvgIpc) is 3.50. The maximum atomic E-state index is 13.9. The number of imide groups is 1. The molecule has 1 atom stereocenters. The van der Waals surface area contributed by atoms with Crippen molar-refractivity contribution >= 4 is 23.5 Å². The lowest BCUT2D eigenvalue weighted by atomic mass is 9.75. The van der Waals surface area contributed by atoms with Crippen LogP contribution in [0.25, 0.3) is 16.9 Å². The van der Waals surface area contributed by atoms with E-state index >= 15 is 0 Å². The minimum absolute atomic E-state index is 0.118. The summed E-state index contributed by atoms with van der Waals surface area (Å²) in [4.78, 5) is 37.7. The van der Waals surface area contributed by atoms with E-state index in [2.05, 4.69) is 17.2 Å². The summed E-state index contributed by atoms with van der Waals surface area (Å²) >= 11 is 0. The van der Waals surface area contributed by atoms with Crippen molar-refractivity contribution in [1.82, 2.24) is 19.3 Å². The van der Waals surface area contributed by atoms with Crippen molar-refractivity contribution in [3.8, 4) is 11.3 Å². The van der Waals surface area contributed by atoms with Crippen molar-refractivity contribution in [2.75, 3.05) is 18.5 Å². The molecule has 3 N–H and O–H groups in total. The second-order valence-electron chi connectivity index (χ2n) is 12.3. The molecule has 11 heteroatoms. The number of halogens is 1. The van der Waals surface area contributed by atoms with E-state index in [0.29, 0.717) is 47.1 Å². The molecule has 0 spiro atoms. The van der Waals surface area contributed by atoms with Gasteiger partial charge in [-0.1, -0.05) is 25.1 Å². The standard InChI is InChI=1S/C32H35FN6O4/c1-31(2,3)43-30(41)39-28(37-25-9-8-22(23(17-34)36-25)32(4)11-14-42-15-12-32)27-20(6-5-7-21(27)29(39)40)24-18-35-26-16-19(33)10-13-38(24)26/h5-10,13,16,18,28H,11-12,14-15,17,34H2,1-4H3,(H,36,37). The van der Waals surface area contributed by atoms with Gasteiger partial charge in [-0.2, -0.15) is 0 Å². The van der Waals surface area contributed by atoms with Gasteiger partial charge in [0.15, 0.2) is 0 Å². The van der Waals surface area contributed by atoms with E-state index in [9.17, 15) is 14.0 Å². The normalized spacial score (nSPS) is 18.1. The number of carbonyl (C=O) groups is 2. The number of imidazole rings is 1. The minimum Gasteiger partial charge on any atom is -0.443 e. The SMILES string of the molecule is CC(C)(C)OC(=O)N1C(=O)c2cccc(-c3cnc4cc(F)ccn34)c2C1Nc1ccc(C2(C)CCOCC2)c(CN)n1. The molecular weight excluding hydrogens is 551 g/mol. The highest BCUT2D eigenvalue weighted by Gasteiger charge is 2.45. The fourth-order valence-corrected chi connectivity index (χ4v) is 5.96. The van der Waals surface area contributed by atoms with Gasteiger partial charge in [0.25, 0.3) is 5.91 Å². The van der Waals surface area contributed by atoms with Crippen LogP contribution in [0.3, 0.4) is 0 Å². The topological polar surface area (TPSA) is 124 Å². The number of rotatable bonds is 5. The Morgan fingerprint density at radius 1 is 1.19 bits per heavy atom. The fourth-order valence-electron chi connectivity index (χ4n) is 5.96. The number of nitrogens with two attached hydrogens (primary N) is 1. The van der Waals surface area contributed by atoms with Gasteiger partial charge in [-0.05, 0) is 62.8 Å². The van der Waals surface area contributed by atoms with Crippen LogP contribution in [0, 0.1) is 5.82 Å². The predicted octanol–water partition coefficient (Wildman–Crippen LogP) is 5.56. The molecule has 2 aliphatic rings. The lowest BCUT2D eigenvalue weighted by Gasteiger charge is -2.35. The molecule has 4 aromatic rings. The summed E-state index contributed by atoms with van der Waals surface area (Å²) in [5.41, 5.74) is 9.63. The van der Waals surface area contributed by atoms with Gasteiger partial charge in [0.05, 0.1) is 17.6 Å². The van der Waals surface area contributed by atoms with Crippen molar-refractivity contribution < 1.29 is 23.5 Å². The van der Waals surface area contributed by atoms with Crippen molar-refractivity contribution in [1.29, 1.82) is 0 Å². The van der Waals surface area contributed by atoms with Gasteiger partial charge in [-0.25, -0.2) is 24.1 Å². The molecule has 1 fully saturated rings. The van der Waals surface area contributed by atoms with Crippen molar-refractivity contribution in [2.45, 2.75) is 64.3 Å². The highest BCUT2D eigenvalue weighted by molar-refractivity contribution is 6.09. The molecule has 6 rings (SSSR count). The van der Waals surface area contributed by atoms with Gasteiger partial charge in [0.1, 0.15) is 29.0 Å². The second-order valence-corrected chi connectivity index (χ2v) is 12.3. The molecular formula is C32H35FN6O4. The molecule has 3 aromatic heterocycles. The second kappa shape index (κ2) is 10.7. The zero-order valence-electron chi connectivity index (χ0n) is 24.7. The monoisotopic (exact) mass is 586 g/mol. The first-order valence-corrected chi connectivity index (χ1v) is 14.4. The third kappa shape index (κ3) is 5.23. The van der Waals surface area contributed by atoms with Crippen LogP contribution < -0.4 is 11.1 Å². The smallest absolute Gasteiger partial charge is 0.419 e. The van der Waals surface area contributed by atoms with E-state index in [-0.39, 0.29) is 12.0 Å². The summed E-state index contributed by atoms with van der Waals surface area (Å²) in [6, 6.07) is 11.8. The third-order valence-electron chi connectivity index (χ3n) is 8.13. The Kier molecular flexibility index (Phi) is 7.18. The Morgan fingerprint density at radius 3 is 2.65 bits per heavy atom. The molecule has 2 amide bonds. The number of pyridine rings is 2. The van der Waals surface area contributed by atoms with Crippen molar-refractivity contribution in [2.24, 2.45) is 5.73 Å². The molecule has 0 radical (unpaired) electrons. The Bertz CT molecular complexity index is 1720. The molecule has 0 saturated carbocycles. The molecule has 43 heavy (non-hydrogen) atoms. The third-order valence-corrected chi connectivity index (χ3v) is 8.13. The first-order chi connectivity index (χ1) is 20.5. The quantitative estimate of drug-likeness (QED) is 0.311. The van der Waals surface area contributed by atoms with Gasteiger partial charge in [0.2, 0.25) is 0 Å². The fraction of sp³-hybridized carbons (Fsp3) is 0.375. The van der Waals surface area contributed by atoms with Gasteiger partial charge in [0, 0.05) is 48.7 Å². The number of nitrogens with one attached hydrogen (secondary N) is 1. The van der Waals surface area contributed by atoms with Gasteiger partial charge in [-0.3, -0.25) is 9.20 Å². The Labute approximate surface area is 249 Å². The molecule has 0 bridgehead atoms. The number of nitrogens with zero attached hydrogens (tertiary/aromatic N) is 4. The molecule has 1 unspecified atom stereocenters. The summed E-state index contributed by atoms with van der Waals surface area (Å²) in [6.07, 6.45) is 3.18. The molecule has 1 aromatic carbocycles. The van der Waals surface area contributed by atoms with Crippen LogP contribution in [0.4, 0.5) is 15.0 Å². The summed E-state index contributed by atoms with van der Waals surface area (Å²) < 4.78 is 26.9. The van der Waals surface area contributed by atoms with Crippen LogP contribution in [0.1, 0.15) is 73.9 Å². The van der Waals surface area contributed by atoms with E-state index in [1.807, 2.05) is 18.2 Å². The number of aromatic nitrogens is 3. The number of amides is 2. The first-order valence-electron chi connectivity index (χ1n) is 14.4. The highest BCUT2D eigenvalue weighted by Crippen LogP contribution is 2.42. The largest absolute Gasteiger partial charge is 0.443 e. The lowest BCUT2D eigenvalue weighted by molar-refractivity contribution is 0.0208. The maximum absolute atomic E-state index is 13.9. The number of benzene rings is 1. The van der Waals surface area contributed by atoms with E-state index in [4.69, 9.17) is 20.2 Å². The highest BCUT2D eigenvalue weighted by atomic mass is 19.1. The first kappa shape index (κ1) is 28.8. The maximum Gasteiger partial charge on any atom is 0.419 e. The number of ether oxygens (including phenoxy) is 2.